The molecule has 0 saturated heterocycles. The van der Waals surface area contributed by atoms with Crippen molar-refractivity contribution >= 4 is 23.6 Å². The minimum absolute atomic E-state index is 0.0861. The predicted octanol–water partition coefficient (Wildman–Crippen LogP) is 0.399. The summed E-state index contributed by atoms with van der Waals surface area (Å²) < 4.78 is 1.59. The summed E-state index contributed by atoms with van der Waals surface area (Å²) in [5.41, 5.74) is 1.68. The van der Waals surface area contributed by atoms with Crippen molar-refractivity contribution < 1.29 is 14.7 Å². The van der Waals surface area contributed by atoms with Crippen molar-refractivity contribution in [2.24, 2.45) is 0 Å². The predicted molar refractivity (Wildman–Crippen MR) is 78.1 cm³/mol. The number of hydrogen-bond donors (Lipinski definition) is 2. The third kappa shape index (κ3) is 5.48. The molecule has 1 amide bonds. The fourth-order valence-electron chi connectivity index (χ4n) is 1.77. The zero-order chi connectivity index (χ0) is 15.1. The highest BCUT2D eigenvalue weighted by atomic mass is 32.2. The van der Waals surface area contributed by atoms with Gasteiger partial charge in [-0.2, -0.15) is 0 Å². The van der Waals surface area contributed by atoms with Crippen LogP contribution in [0.25, 0.3) is 0 Å². The van der Waals surface area contributed by atoms with Gasteiger partial charge in [0, 0.05) is 24.8 Å². The molecular formula is C13H18N2O4S. The first-order valence-electron chi connectivity index (χ1n) is 6.14. The number of carboxylic acids is 1. The molecule has 0 bridgehead atoms. The molecule has 20 heavy (non-hydrogen) atoms. The van der Waals surface area contributed by atoms with E-state index in [0.29, 0.717) is 13.1 Å². The molecule has 0 aliphatic heterocycles. The standard InChI is InChI=1S/C13H18N2O4S/c1-9-5-10(2)15(12(17)6-9)4-3-14-11(16)7-20-8-13(18)19/h5-6H,3-4,7-8H2,1-2H3,(H,14,16)(H,18,19). The van der Waals surface area contributed by atoms with Crippen molar-refractivity contribution in [2.45, 2.75) is 20.4 Å². The van der Waals surface area contributed by atoms with Crippen molar-refractivity contribution in [1.82, 2.24) is 9.88 Å². The van der Waals surface area contributed by atoms with E-state index >= 15 is 0 Å². The number of thioether (sulfide) groups is 1. The molecule has 0 radical (unpaired) electrons. The van der Waals surface area contributed by atoms with Gasteiger partial charge in [0.2, 0.25) is 5.91 Å². The van der Waals surface area contributed by atoms with Gasteiger partial charge < -0.3 is 15.0 Å². The van der Waals surface area contributed by atoms with Crippen LogP contribution in [0.2, 0.25) is 0 Å². The number of amides is 1. The molecule has 0 aliphatic carbocycles. The number of nitrogens with zero attached hydrogens (tertiary/aromatic N) is 1. The Bertz CT molecular complexity index is 554. The second kappa shape index (κ2) is 7.74. The number of rotatable bonds is 7. The van der Waals surface area contributed by atoms with E-state index in [2.05, 4.69) is 5.32 Å². The van der Waals surface area contributed by atoms with E-state index < -0.39 is 5.97 Å². The molecule has 1 rings (SSSR count). The lowest BCUT2D eigenvalue weighted by atomic mass is 10.2. The Morgan fingerprint density at radius 3 is 2.60 bits per heavy atom. The van der Waals surface area contributed by atoms with E-state index in [4.69, 9.17) is 5.11 Å². The van der Waals surface area contributed by atoms with Gasteiger partial charge in [-0.3, -0.25) is 14.4 Å². The van der Waals surface area contributed by atoms with E-state index in [1.807, 2.05) is 19.9 Å². The molecule has 1 heterocycles. The quantitative estimate of drug-likeness (QED) is 0.760. The van der Waals surface area contributed by atoms with Crippen molar-refractivity contribution in [1.29, 1.82) is 0 Å². The van der Waals surface area contributed by atoms with Crippen LogP contribution in [-0.4, -0.2) is 39.6 Å². The number of aromatic nitrogens is 1. The fraction of sp³-hybridized carbons (Fsp3) is 0.462. The van der Waals surface area contributed by atoms with Crippen LogP contribution >= 0.6 is 11.8 Å². The van der Waals surface area contributed by atoms with E-state index in [1.165, 1.54) is 0 Å². The van der Waals surface area contributed by atoms with Gasteiger partial charge in [-0.25, -0.2) is 0 Å². The molecule has 0 aliphatic rings. The van der Waals surface area contributed by atoms with Gasteiger partial charge in [0.05, 0.1) is 11.5 Å². The number of nitrogens with one attached hydrogen (secondary N) is 1. The average Bonchev–Trinajstić information content (AvgIpc) is 2.32. The number of carbonyl (C=O) groups is 2. The van der Waals surface area contributed by atoms with Crippen LogP contribution in [0.5, 0.6) is 0 Å². The number of aliphatic carboxylic acids is 1. The lowest BCUT2D eigenvalue weighted by molar-refractivity contribution is -0.133. The molecule has 0 saturated carbocycles. The first kappa shape index (κ1) is 16.3. The summed E-state index contributed by atoms with van der Waals surface area (Å²) in [4.78, 5) is 33.5. The van der Waals surface area contributed by atoms with Crippen LogP contribution in [0.4, 0.5) is 0 Å². The molecule has 0 aromatic carbocycles. The van der Waals surface area contributed by atoms with Gasteiger partial charge in [0.1, 0.15) is 0 Å². The first-order valence-corrected chi connectivity index (χ1v) is 7.30. The highest BCUT2D eigenvalue weighted by Gasteiger charge is 2.05. The first-order chi connectivity index (χ1) is 9.40. The summed E-state index contributed by atoms with van der Waals surface area (Å²) in [5, 5.41) is 11.1. The monoisotopic (exact) mass is 298 g/mol. The van der Waals surface area contributed by atoms with Gasteiger partial charge in [-0.05, 0) is 25.5 Å². The Labute approximate surface area is 121 Å². The van der Waals surface area contributed by atoms with E-state index in [-0.39, 0.29) is 23.0 Å². The summed E-state index contributed by atoms with van der Waals surface area (Å²) >= 11 is 1.04. The molecule has 0 fully saturated rings. The lowest BCUT2D eigenvalue weighted by Crippen LogP contribution is -2.32. The molecule has 0 atom stereocenters. The second-order valence-electron chi connectivity index (χ2n) is 4.40. The highest BCUT2D eigenvalue weighted by Crippen LogP contribution is 2.00. The molecule has 0 unspecified atom stereocenters. The van der Waals surface area contributed by atoms with Crippen molar-refractivity contribution in [2.75, 3.05) is 18.1 Å². The molecular weight excluding hydrogens is 280 g/mol. The van der Waals surface area contributed by atoms with Gasteiger partial charge in [0.15, 0.2) is 0 Å². The number of hydrogen-bond acceptors (Lipinski definition) is 4. The van der Waals surface area contributed by atoms with Crippen LogP contribution < -0.4 is 10.9 Å². The summed E-state index contributed by atoms with van der Waals surface area (Å²) in [6.45, 7) is 4.45. The molecule has 7 heteroatoms. The Morgan fingerprint density at radius 2 is 2.00 bits per heavy atom. The number of pyridine rings is 1. The number of carbonyl (C=O) groups excluding carboxylic acids is 1. The van der Waals surface area contributed by atoms with Crippen LogP contribution in [-0.2, 0) is 16.1 Å². The third-order valence-electron chi connectivity index (χ3n) is 2.60. The topological polar surface area (TPSA) is 88.4 Å². The van der Waals surface area contributed by atoms with Crippen molar-refractivity contribution in [3.8, 4) is 0 Å². The smallest absolute Gasteiger partial charge is 0.313 e. The third-order valence-corrected chi connectivity index (χ3v) is 3.51. The lowest BCUT2D eigenvalue weighted by Gasteiger charge is -2.11. The Kier molecular flexibility index (Phi) is 6.30. The maximum Gasteiger partial charge on any atom is 0.313 e. The molecule has 6 nitrogen and oxygen atoms in total. The van der Waals surface area contributed by atoms with E-state index in [9.17, 15) is 14.4 Å². The average molecular weight is 298 g/mol. The normalized spacial score (nSPS) is 10.3. The maximum absolute atomic E-state index is 11.8. The molecule has 1 aromatic rings. The number of aryl methyl sites for hydroxylation is 2. The van der Waals surface area contributed by atoms with Crippen molar-refractivity contribution in [3.05, 3.63) is 33.7 Å². The largest absolute Gasteiger partial charge is 0.481 e. The number of carboxylic acid groups (broad SMARTS) is 1. The Morgan fingerprint density at radius 1 is 1.30 bits per heavy atom. The zero-order valence-corrected chi connectivity index (χ0v) is 12.3. The summed E-state index contributed by atoms with van der Waals surface area (Å²) in [6.07, 6.45) is 0. The molecule has 1 aromatic heterocycles. The van der Waals surface area contributed by atoms with Crippen LogP contribution in [0.3, 0.4) is 0 Å². The zero-order valence-electron chi connectivity index (χ0n) is 11.5. The molecule has 110 valence electrons. The van der Waals surface area contributed by atoms with E-state index in [1.54, 1.807) is 10.6 Å². The summed E-state index contributed by atoms with van der Waals surface area (Å²) in [7, 11) is 0. The summed E-state index contributed by atoms with van der Waals surface area (Å²) in [6, 6.07) is 3.46. The van der Waals surface area contributed by atoms with Crippen LogP contribution in [0.1, 0.15) is 11.3 Å². The minimum Gasteiger partial charge on any atom is -0.481 e. The van der Waals surface area contributed by atoms with Crippen molar-refractivity contribution in [3.63, 3.8) is 0 Å². The Balaban J connectivity index is 2.39. The maximum atomic E-state index is 11.8. The van der Waals surface area contributed by atoms with Crippen LogP contribution in [0, 0.1) is 13.8 Å². The SMILES string of the molecule is Cc1cc(C)n(CCNC(=O)CSCC(=O)O)c(=O)c1. The highest BCUT2D eigenvalue weighted by molar-refractivity contribution is 8.00. The summed E-state index contributed by atoms with van der Waals surface area (Å²) in [5.74, 6) is -1.16. The van der Waals surface area contributed by atoms with Crippen LogP contribution in [0.15, 0.2) is 16.9 Å². The van der Waals surface area contributed by atoms with Gasteiger partial charge >= 0.3 is 5.97 Å². The molecule has 2 N–H and O–H groups in total. The molecule has 0 spiro atoms. The Hall–Kier alpha value is -1.76. The second-order valence-corrected chi connectivity index (χ2v) is 5.39. The fourth-order valence-corrected chi connectivity index (χ4v) is 2.34. The van der Waals surface area contributed by atoms with Gasteiger partial charge in [-0.15, -0.1) is 11.8 Å². The minimum atomic E-state index is -0.940. The van der Waals surface area contributed by atoms with E-state index in [0.717, 1.165) is 23.0 Å². The van der Waals surface area contributed by atoms with Gasteiger partial charge in [0.25, 0.3) is 5.56 Å². The van der Waals surface area contributed by atoms with Gasteiger partial charge in [-0.1, -0.05) is 0 Å².